The molecule has 0 spiro atoms. The summed E-state index contributed by atoms with van der Waals surface area (Å²) in [5.74, 6) is 1.38. The standard InChI is InChI=1S/C17H30N6O2/c1-14(2)13-25-9-5-6-19-17(18-3)22-7-8-23(16(24)12-22)15-10-20-21(4)11-15/h10-11,14H,5-9,12-13H2,1-4H3,(H,18,19). The summed E-state index contributed by atoms with van der Waals surface area (Å²) in [4.78, 5) is 20.5. The third-order valence-electron chi connectivity index (χ3n) is 3.93. The van der Waals surface area contributed by atoms with Gasteiger partial charge in [0, 0.05) is 53.1 Å². The molecule has 0 unspecified atom stereocenters. The summed E-state index contributed by atoms with van der Waals surface area (Å²) in [7, 11) is 3.59. The third-order valence-corrected chi connectivity index (χ3v) is 3.93. The summed E-state index contributed by atoms with van der Waals surface area (Å²) in [6.45, 7) is 8.27. The molecule has 1 saturated heterocycles. The molecular weight excluding hydrogens is 320 g/mol. The van der Waals surface area contributed by atoms with Gasteiger partial charge in [-0.25, -0.2) is 0 Å². The molecule has 1 amide bonds. The van der Waals surface area contributed by atoms with E-state index in [-0.39, 0.29) is 5.91 Å². The van der Waals surface area contributed by atoms with Gasteiger partial charge in [0.25, 0.3) is 0 Å². The lowest BCUT2D eigenvalue weighted by Crippen LogP contribution is -2.55. The highest BCUT2D eigenvalue weighted by atomic mass is 16.5. The van der Waals surface area contributed by atoms with Crippen molar-refractivity contribution in [3.05, 3.63) is 12.4 Å². The number of amides is 1. The van der Waals surface area contributed by atoms with Crippen molar-refractivity contribution in [2.24, 2.45) is 18.0 Å². The van der Waals surface area contributed by atoms with E-state index in [4.69, 9.17) is 4.74 Å². The minimum atomic E-state index is 0.0578. The fraction of sp³-hybridized carbons (Fsp3) is 0.706. The first kappa shape index (κ1) is 19.2. The van der Waals surface area contributed by atoms with Crippen molar-refractivity contribution in [1.29, 1.82) is 0 Å². The van der Waals surface area contributed by atoms with E-state index < -0.39 is 0 Å². The first-order valence-corrected chi connectivity index (χ1v) is 8.83. The van der Waals surface area contributed by atoms with Gasteiger partial charge in [-0.3, -0.25) is 14.5 Å². The number of guanidine groups is 1. The Bertz CT molecular complexity index is 583. The summed E-state index contributed by atoms with van der Waals surface area (Å²) >= 11 is 0. The van der Waals surface area contributed by atoms with Gasteiger partial charge in [-0.15, -0.1) is 0 Å². The molecule has 1 aliphatic heterocycles. The van der Waals surface area contributed by atoms with Crippen LogP contribution in [0.4, 0.5) is 5.69 Å². The molecule has 1 aliphatic rings. The van der Waals surface area contributed by atoms with Crippen molar-refractivity contribution in [3.8, 4) is 0 Å². The molecule has 1 N–H and O–H groups in total. The van der Waals surface area contributed by atoms with Gasteiger partial charge in [0.2, 0.25) is 5.91 Å². The first-order valence-electron chi connectivity index (χ1n) is 8.83. The molecule has 1 aromatic rings. The van der Waals surface area contributed by atoms with Crippen LogP contribution >= 0.6 is 0 Å². The van der Waals surface area contributed by atoms with Gasteiger partial charge in [-0.1, -0.05) is 13.8 Å². The van der Waals surface area contributed by atoms with E-state index >= 15 is 0 Å². The number of nitrogens with zero attached hydrogens (tertiary/aromatic N) is 5. The van der Waals surface area contributed by atoms with E-state index in [9.17, 15) is 4.79 Å². The fourth-order valence-corrected chi connectivity index (χ4v) is 2.70. The van der Waals surface area contributed by atoms with E-state index in [1.54, 1.807) is 22.8 Å². The average molecular weight is 350 g/mol. The number of nitrogens with one attached hydrogen (secondary N) is 1. The third kappa shape index (κ3) is 5.74. The molecule has 2 heterocycles. The average Bonchev–Trinajstić information content (AvgIpc) is 3.00. The molecule has 140 valence electrons. The Kier molecular flexibility index (Phi) is 7.24. The quantitative estimate of drug-likeness (QED) is 0.445. The monoisotopic (exact) mass is 350 g/mol. The van der Waals surface area contributed by atoms with E-state index in [0.717, 1.165) is 44.4 Å². The van der Waals surface area contributed by atoms with Crippen LogP contribution in [0.5, 0.6) is 0 Å². The summed E-state index contributed by atoms with van der Waals surface area (Å²) < 4.78 is 7.28. The number of anilines is 1. The van der Waals surface area contributed by atoms with Gasteiger partial charge in [-0.2, -0.15) is 5.10 Å². The SMILES string of the molecule is CN=C(NCCCOCC(C)C)N1CCN(c2cnn(C)c2)C(=O)C1. The molecule has 25 heavy (non-hydrogen) atoms. The van der Waals surface area contributed by atoms with Gasteiger partial charge in [-0.05, 0) is 12.3 Å². The Morgan fingerprint density at radius 2 is 2.24 bits per heavy atom. The molecule has 1 fully saturated rings. The lowest BCUT2D eigenvalue weighted by atomic mass is 10.2. The van der Waals surface area contributed by atoms with E-state index in [1.165, 1.54) is 0 Å². The Morgan fingerprint density at radius 1 is 1.44 bits per heavy atom. The van der Waals surface area contributed by atoms with Crippen molar-refractivity contribution in [2.75, 3.05) is 51.3 Å². The van der Waals surface area contributed by atoms with Crippen molar-refractivity contribution >= 4 is 17.6 Å². The second kappa shape index (κ2) is 9.41. The van der Waals surface area contributed by atoms with Crippen LogP contribution in [0.15, 0.2) is 17.4 Å². The summed E-state index contributed by atoms with van der Waals surface area (Å²) in [5.41, 5.74) is 0.845. The molecule has 1 aromatic heterocycles. The first-order chi connectivity index (χ1) is 12.0. The number of rotatable bonds is 7. The maximum atomic E-state index is 12.5. The molecule has 0 aromatic carbocycles. The Morgan fingerprint density at radius 3 is 2.84 bits per heavy atom. The van der Waals surface area contributed by atoms with Crippen LogP contribution in [0.1, 0.15) is 20.3 Å². The van der Waals surface area contributed by atoms with Crippen LogP contribution in [-0.4, -0.2) is 73.0 Å². The second-order valence-corrected chi connectivity index (χ2v) is 6.64. The smallest absolute Gasteiger partial charge is 0.246 e. The van der Waals surface area contributed by atoms with Gasteiger partial charge >= 0.3 is 0 Å². The number of aryl methyl sites for hydroxylation is 1. The maximum Gasteiger partial charge on any atom is 0.246 e. The molecular formula is C17H30N6O2. The number of aliphatic imine (C=N–C) groups is 1. The lowest BCUT2D eigenvalue weighted by molar-refractivity contribution is -0.120. The highest BCUT2D eigenvalue weighted by molar-refractivity contribution is 5.98. The van der Waals surface area contributed by atoms with E-state index in [1.807, 2.05) is 18.1 Å². The summed E-state index contributed by atoms with van der Waals surface area (Å²) in [6, 6.07) is 0. The number of hydrogen-bond acceptors (Lipinski definition) is 4. The minimum Gasteiger partial charge on any atom is -0.381 e. The number of ether oxygens (including phenoxy) is 1. The number of piperazine rings is 1. The second-order valence-electron chi connectivity index (χ2n) is 6.64. The van der Waals surface area contributed by atoms with Crippen molar-refractivity contribution in [2.45, 2.75) is 20.3 Å². The predicted molar refractivity (Wildman–Crippen MR) is 98.8 cm³/mol. The fourth-order valence-electron chi connectivity index (χ4n) is 2.70. The maximum absolute atomic E-state index is 12.5. The minimum absolute atomic E-state index is 0.0578. The lowest BCUT2D eigenvalue weighted by Gasteiger charge is -2.35. The molecule has 8 heteroatoms. The summed E-state index contributed by atoms with van der Waals surface area (Å²) in [5, 5.41) is 7.45. The highest BCUT2D eigenvalue weighted by Crippen LogP contribution is 2.15. The highest BCUT2D eigenvalue weighted by Gasteiger charge is 2.27. The Labute approximate surface area is 149 Å². The Balaban J connectivity index is 1.76. The molecule has 0 aliphatic carbocycles. The van der Waals surface area contributed by atoms with E-state index in [2.05, 4.69) is 29.3 Å². The molecule has 0 radical (unpaired) electrons. The Hall–Kier alpha value is -2.09. The van der Waals surface area contributed by atoms with E-state index in [0.29, 0.717) is 19.0 Å². The topological polar surface area (TPSA) is 75.0 Å². The summed E-state index contributed by atoms with van der Waals surface area (Å²) in [6.07, 6.45) is 4.49. The van der Waals surface area contributed by atoms with Crippen LogP contribution in [0.2, 0.25) is 0 Å². The van der Waals surface area contributed by atoms with Gasteiger partial charge in [0.05, 0.1) is 11.9 Å². The zero-order chi connectivity index (χ0) is 18.2. The van der Waals surface area contributed by atoms with Crippen molar-refractivity contribution < 1.29 is 9.53 Å². The number of carbonyl (C=O) groups is 1. The molecule has 2 rings (SSSR count). The predicted octanol–water partition coefficient (Wildman–Crippen LogP) is 0.707. The molecule has 0 atom stereocenters. The zero-order valence-corrected chi connectivity index (χ0v) is 15.7. The van der Waals surface area contributed by atoms with Gasteiger partial charge < -0.3 is 19.9 Å². The van der Waals surface area contributed by atoms with Gasteiger partial charge in [0.15, 0.2) is 5.96 Å². The number of aromatic nitrogens is 2. The van der Waals surface area contributed by atoms with Crippen LogP contribution < -0.4 is 10.2 Å². The molecule has 8 nitrogen and oxygen atoms in total. The largest absolute Gasteiger partial charge is 0.381 e. The van der Waals surface area contributed by atoms with Crippen LogP contribution in [0, 0.1) is 5.92 Å². The van der Waals surface area contributed by atoms with Crippen LogP contribution in [-0.2, 0) is 16.6 Å². The number of carbonyl (C=O) groups excluding carboxylic acids is 1. The normalized spacial score (nSPS) is 16.0. The molecule has 0 saturated carbocycles. The zero-order valence-electron chi connectivity index (χ0n) is 15.7. The van der Waals surface area contributed by atoms with Crippen LogP contribution in [0.3, 0.4) is 0 Å². The number of hydrogen-bond donors (Lipinski definition) is 1. The molecule has 0 bridgehead atoms. The van der Waals surface area contributed by atoms with Crippen molar-refractivity contribution in [3.63, 3.8) is 0 Å². The van der Waals surface area contributed by atoms with Crippen LogP contribution in [0.25, 0.3) is 0 Å². The van der Waals surface area contributed by atoms with Crippen molar-refractivity contribution in [1.82, 2.24) is 20.0 Å². The van der Waals surface area contributed by atoms with Gasteiger partial charge in [0.1, 0.15) is 6.54 Å².